The van der Waals surface area contributed by atoms with Gasteiger partial charge in [-0.3, -0.25) is 5.43 Å². The second-order valence-electron chi connectivity index (χ2n) is 5.49. The summed E-state index contributed by atoms with van der Waals surface area (Å²) in [5, 5.41) is 3.58. The van der Waals surface area contributed by atoms with E-state index < -0.39 is 0 Å². The van der Waals surface area contributed by atoms with Crippen molar-refractivity contribution < 1.29 is 0 Å². The number of benzene rings is 1. The van der Waals surface area contributed by atoms with Crippen molar-refractivity contribution in [1.29, 1.82) is 0 Å². The molecule has 0 radical (unpaired) electrons. The lowest BCUT2D eigenvalue weighted by Crippen LogP contribution is -2.11. The van der Waals surface area contributed by atoms with Crippen LogP contribution in [0.3, 0.4) is 0 Å². The maximum absolute atomic E-state index is 6.05. The molecule has 106 valence electrons. The maximum atomic E-state index is 6.05. The second kappa shape index (κ2) is 5.64. The van der Waals surface area contributed by atoms with E-state index in [4.69, 9.17) is 17.4 Å². The van der Waals surface area contributed by atoms with Crippen LogP contribution in [0.25, 0.3) is 0 Å². The zero-order chi connectivity index (χ0) is 14.8. The van der Waals surface area contributed by atoms with Crippen LogP contribution >= 0.6 is 11.6 Å². The number of hydrogen-bond donors (Lipinski definition) is 3. The number of halogens is 1. The molecule has 4 N–H and O–H groups in total. The minimum atomic E-state index is 0.127. The summed E-state index contributed by atoms with van der Waals surface area (Å²) in [6, 6.07) is 8.15. The van der Waals surface area contributed by atoms with Gasteiger partial charge in [-0.05, 0) is 23.1 Å². The molecule has 5 nitrogen and oxygen atoms in total. The number of hydrazine groups is 1. The van der Waals surface area contributed by atoms with E-state index >= 15 is 0 Å². The van der Waals surface area contributed by atoms with Crippen molar-refractivity contribution in [2.45, 2.75) is 26.2 Å². The normalized spacial score (nSPS) is 11.2. The average molecular weight is 292 g/mol. The third-order valence-corrected chi connectivity index (χ3v) is 3.16. The number of nitrogens with one attached hydrogen (secondary N) is 2. The fourth-order valence-corrected chi connectivity index (χ4v) is 1.85. The summed E-state index contributed by atoms with van der Waals surface area (Å²) < 4.78 is 0. The third kappa shape index (κ3) is 3.37. The summed E-state index contributed by atoms with van der Waals surface area (Å²) in [6.07, 6.45) is 1.50. The molecule has 0 amide bonds. The molecule has 1 heterocycles. The molecule has 2 aromatic rings. The van der Waals surface area contributed by atoms with E-state index in [1.165, 1.54) is 11.8 Å². The molecule has 1 aromatic carbocycles. The fourth-order valence-electron chi connectivity index (χ4n) is 1.71. The van der Waals surface area contributed by atoms with Gasteiger partial charge in [0.15, 0.2) is 5.82 Å². The smallest absolute Gasteiger partial charge is 0.239 e. The first-order chi connectivity index (χ1) is 9.40. The minimum Gasteiger partial charge on any atom is -0.339 e. The van der Waals surface area contributed by atoms with Crippen LogP contribution in [-0.4, -0.2) is 9.97 Å². The molecule has 0 aliphatic carbocycles. The van der Waals surface area contributed by atoms with E-state index in [1.807, 2.05) is 12.1 Å². The van der Waals surface area contributed by atoms with Gasteiger partial charge in [0.2, 0.25) is 5.95 Å². The molecule has 0 fully saturated rings. The Labute approximate surface area is 123 Å². The van der Waals surface area contributed by atoms with E-state index in [1.54, 1.807) is 0 Å². The number of aromatic nitrogens is 2. The summed E-state index contributed by atoms with van der Waals surface area (Å²) in [4.78, 5) is 8.09. The Kier molecular flexibility index (Phi) is 4.11. The number of rotatable bonds is 3. The first-order valence-electron chi connectivity index (χ1n) is 6.27. The molecular formula is C14H18ClN5. The summed E-state index contributed by atoms with van der Waals surface area (Å²) in [7, 11) is 0. The lowest BCUT2D eigenvalue weighted by Gasteiger charge is -2.19. The van der Waals surface area contributed by atoms with Crippen LogP contribution in [0.4, 0.5) is 17.5 Å². The van der Waals surface area contributed by atoms with Crippen LogP contribution in [-0.2, 0) is 5.41 Å². The standard InChI is InChI=1S/C14H18ClN5/c1-14(2,3)9-4-6-10(7-5-9)18-12-11(15)8-17-13(19-12)20-16/h4-8H,16H2,1-3H3,(H2,17,18,19,20). The number of hydrogen-bond acceptors (Lipinski definition) is 5. The first-order valence-corrected chi connectivity index (χ1v) is 6.64. The fraction of sp³-hybridized carbons (Fsp3) is 0.286. The zero-order valence-corrected chi connectivity index (χ0v) is 12.5. The lowest BCUT2D eigenvalue weighted by atomic mass is 9.87. The van der Waals surface area contributed by atoms with Gasteiger partial charge in [0.05, 0.1) is 6.20 Å². The number of nitrogens with zero attached hydrogens (tertiary/aromatic N) is 2. The van der Waals surface area contributed by atoms with Crippen molar-refractivity contribution in [3.63, 3.8) is 0 Å². The van der Waals surface area contributed by atoms with Gasteiger partial charge in [-0.2, -0.15) is 4.98 Å². The minimum absolute atomic E-state index is 0.127. The maximum Gasteiger partial charge on any atom is 0.239 e. The lowest BCUT2D eigenvalue weighted by molar-refractivity contribution is 0.590. The van der Waals surface area contributed by atoms with Gasteiger partial charge >= 0.3 is 0 Å². The van der Waals surface area contributed by atoms with Crippen molar-refractivity contribution in [3.8, 4) is 0 Å². The molecule has 0 aliphatic heterocycles. The van der Waals surface area contributed by atoms with Crippen molar-refractivity contribution in [1.82, 2.24) is 9.97 Å². The Balaban J connectivity index is 2.22. The van der Waals surface area contributed by atoms with Crippen LogP contribution < -0.4 is 16.6 Å². The summed E-state index contributed by atoms with van der Waals surface area (Å²) >= 11 is 6.05. The van der Waals surface area contributed by atoms with Crippen LogP contribution in [0.1, 0.15) is 26.3 Å². The molecule has 20 heavy (non-hydrogen) atoms. The molecule has 0 saturated heterocycles. The molecule has 0 bridgehead atoms. The van der Waals surface area contributed by atoms with Gasteiger partial charge < -0.3 is 5.32 Å². The van der Waals surface area contributed by atoms with Crippen LogP contribution in [0.2, 0.25) is 5.02 Å². The Morgan fingerprint density at radius 1 is 1.15 bits per heavy atom. The van der Waals surface area contributed by atoms with Crippen molar-refractivity contribution in [3.05, 3.63) is 41.0 Å². The Morgan fingerprint density at radius 3 is 2.35 bits per heavy atom. The van der Waals surface area contributed by atoms with Crippen LogP contribution in [0.5, 0.6) is 0 Å². The highest BCUT2D eigenvalue weighted by molar-refractivity contribution is 6.32. The van der Waals surface area contributed by atoms with Crippen LogP contribution in [0, 0.1) is 0 Å². The Hall–Kier alpha value is -1.85. The second-order valence-corrected chi connectivity index (χ2v) is 5.89. The SMILES string of the molecule is CC(C)(C)c1ccc(Nc2nc(NN)ncc2Cl)cc1. The predicted molar refractivity (Wildman–Crippen MR) is 83.3 cm³/mol. The number of nitrogen functional groups attached to an aromatic ring is 1. The predicted octanol–water partition coefficient (Wildman–Crippen LogP) is 3.46. The molecule has 0 saturated carbocycles. The van der Waals surface area contributed by atoms with Crippen molar-refractivity contribution >= 4 is 29.1 Å². The molecular weight excluding hydrogens is 274 g/mol. The highest BCUT2D eigenvalue weighted by Crippen LogP contribution is 2.26. The molecule has 0 aliphatic rings. The average Bonchev–Trinajstić information content (AvgIpc) is 2.41. The molecule has 1 aromatic heterocycles. The monoisotopic (exact) mass is 291 g/mol. The van der Waals surface area contributed by atoms with Gasteiger partial charge in [0, 0.05) is 5.69 Å². The van der Waals surface area contributed by atoms with E-state index in [0.29, 0.717) is 16.8 Å². The molecule has 0 spiro atoms. The zero-order valence-electron chi connectivity index (χ0n) is 11.7. The van der Waals surface area contributed by atoms with E-state index in [2.05, 4.69) is 53.6 Å². The molecule has 2 rings (SSSR count). The molecule has 6 heteroatoms. The first kappa shape index (κ1) is 14.6. The quantitative estimate of drug-likeness (QED) is 0.596. The van der Waals surface area contributed by atoms with E-state index in [0.717, 1.165) is 5.69 Å². The number of nitrogens with two attached hydrogens (primary N) is 1. The van der Waals surface area contributed by atoms with Gasteiger partial charge in [0.1, 0.15) is 5.02 Å². The van der Waals surface area contributed by atoms with Gasteiger partial charge in [-0.15, -0.1) is 0 Å². The largest absolute Gasteiger partial charge is 0.339 e. The molecule has 0 unspecified atom stereocenters. The summed E-state index contributed by atoms with van der Waals surface area (Å²) in [5.41, 5.74) is 4.68. The van der Waals surface area contributed by atoms with Crippen LogP contribution in [0.15, 0.2) is 30.5 Å². The van der Waals surface area contributed by atoms with Gasteiger partial charge in [-0.1, -0.05) is 44.5 Å². The van der Waals surface area contributed by atoms with Gasteiger partial charge in [-0.25, -0.2) is 10.8 Å². The summed E-state index contributed by atoms with van der Waals surface area (Å²) in [5.74, 6) is 6.10. The molecule has 0 atom stereocenters. The van der Waals surface area contributed by atoms with Gasteiger partial charge in [0.25, 0.3) is 0 Å². The number of anilines is 3. The Morgan fingerprint density at radius 2 is 1.80 bits per heavy atom. The third-order valence-electron chi connectivity index (χ3n) is 2.89. The van der Waals surface area contributed by atoms with Crippen molar-refractivity contribution in [2.24, 2.45) is 5.84 Å². The van der Waals surface area contributed by atoms with E-state index in [9.17, 15) is 0 Å². The highest BCUT2D eigenvalue weighted by atomic mass is 35.5. The topological polar surface area (TPSA) is 75.9 Å². The Bertz CT molecular complexity index is 590. The highest BCUT2D eigenvalue weighted by Gasteiger charge is 2.13. The summed E-state index contributed by atoms with van der Waals surface area (Å²) in [6.45, 7) is 6.53. The van der Waals surface area contributed by atoms with Crippen molar-refractivity contribution in [2.75, 3.05) is 10.7 Å². The van der Waals surface area contributed by atoms with E-state index in [-0.39, 0.29) is 5.41 Å².